The Labute approximate surface area is 67.2 Å². The van der Waals surface area contributed by atoms with Gasteiger partial charge in [-0.05, 0) is 0 Å². The van der Waals surface area contributed by atoms with E-state index in [1.54, 1.807) is 5.32 Å². The molecule has 0 aliphatic carbocycles. The average molecular weight is 176 g/mol. The third kappa shape index (κ3) is 4.09. The van der Waals surface area contributed by atoms with Crippen LogP contribution in [0.5, 0.6) is 0 Å². The number of carboxylic acids is 1. The van der Waals surface area contributed by atoms with E-state index in [2.05, 4.69) is 5.73 Å². The first-order valence-electron chi connectivity index (χ1n) is 2.94. The predicted octanol–water partition coefficient (Wildman–Crippen LogP) is -1.42. The number of hydrogen-bond acceptors (Lipinski definition) is 3. The molecule has 7 heteroatoms. The third-order valence-corrected chi connectivity index (χ3v) is 1.00. The van der Waals surface area contributed by atoms with Gasteiger partial charge in [-0.3, -0.25) is 4.79 Å². The number of rotatable bonds is 4. The normalized spacial score (nSPS) is 11.7. The SMILES string of the molecule is NC(=O)C[C@H](NC(=O)O)C(=O)O. The summed E-state index contributed by atoms with van der Waals surface area (Å²) in [5, 5.41) is 18.1. The van der Waals surface area contributed by atoms with Crippen molar-refractivity contribution in [3.63, 3.8) is 0 Å². The van der Waals surface area contributed by atoms with Crippen LogP contribution in [0.1, 0.15) is 6.42 Å². The maximum absolute atomic E-state index is 10.2. The Morgan fingerprint density at radius 1 is 1.33 bits per heavy atom. The van der Waals surface area contributed by atoms with Gasteiger partial charge in [-0.15, -0.1) is 0 Å². The third-order valence-electron chi connectivity index (χ3n) is 1.00. The van der Waals surface area contributed by atoms with Crippen LogP contribution in [-0.4, -0.2) is 34.2 Å². The molecule has 0 saturated carbocycles. The number of aliphatic carboxylic acids is 1. The molecule has 5 N–H and O–H groups in total. The Kier molecular flexibility index (Phi) is 3.54. The van der Waals surface area contributed by atoms with Crippen molar-refractivity contribution in [2.45, 2.75) is 12.5 Å². The Morgan fingerprint density at radius 3 is 2.08 bits per heavy atom. The van der Waals surface area contributed by atoms with Crippen LogP contribution in [0, 0.1) is 0 Å². The number of primary amides is 1. The van der Waals surface area contributed by atoms with Crippen molar-refractivity contribution < 1.29 is 24.6 Å². The minimum absolute atomic E-state index is 0.554. The van der Waals surface area contributed by atoms with Gasteiger partial charge in [0.25, 0.3) is 0 Å². The lowest BCUT2D eigenvalue weighted by atomic mass is 10.2. The van der Waals surface area contributed by atoms with Crippen LogP contribution in [0.25, 0.3) is 0 Å². The highest BCUT2D eigenvalue weighted by Gasteiger charge is 2.21. The standard InChI is InChI=1S/C5H8N2O5/c6-3(8)1-2(4(9)10)7-5(11)12/h2,7H,1H2,(H2,6,8)(H,9,10)(H,11,12)/t2-/m0/s1. The Morgan fingerprint density at radius 2 is 1.83 bits per heavy atom. The number of carboxylic acid groups (broad SMARTS) is 2. The molecule has 0 aliphatic rings. The van der Waals surface area contributed by atoms with E-state index in [1.165, 1.54) is 0 Å². The van der Waals surface area contributed by atoms with Crippen molar-refractivity contribution in [2.24, 2.45) is 5.73 Å². The molecule has 12 heavy (non-hydrogen) atoms. The predicted molar refractivity (Wildman–Crippen MR) is 36.4 cm³/mol. The van der Waals surface area contributed by atoms with Gasteiger partial charge < -0.3 is 21.3 Å². The molecule has 0 aromatic heterocycles. The van der Waals surface area contributed by atoms with Crippen molar-refractivity contribution in [2.75, 3.05) is 0 Å². The maximum atomic E-state index is 10.2. The van der Waals surface area contributed by atoms with Crippen LogP contribution < -0.4 is 11.1 Å². The number of nitrogens with two attached hydrogens (primary N) is 1. The highest BCUT2D eigenvalue weighted by molar-refractivity contribution is 5.85. The zero-order valence-electron chi connectivity index (χ0n) is 5.98. The fraction of sp³-hybridized carbons (Fsp3) is 0.400. The number of nitrogens with one attached hydrogen (secondary N) is 1. The molecule has 0 rings (SSSR count). The summed E-state index contributed by atoms with van der Waals surface area (Å²) in [6, 6.07) is -1.47. The minimum atomic E-state index is -1.51. The minimum Gasteiger partial charge on any atom is -0.480 e. The Bertz CT molecular complexity index is 198. The molecule has 0 radical (unpaired) electrons. The van der Waals surface area contributed by atoms with E-state index in [1.807, 2.05) is 0 Å². The number of carbonyl (C=O) groups excluding carboxylic acids is 1. The van der Waals surface area contributed by atoms with Crippen LogP contribution >= 0.6 is 0 Å². The lowest BCUT2D eigenvalue weighted by Gasteiger charge is -2.08. The second-order valence-corrected chi connectivity index (χ2v) is 2.01. The van der Waals surface area contributed by atoms with E-state index < -0.39 is 30.4 Å². The highest BCUT2D eigenvalue weighted by Crippen LogP contribution is 1.90. The molecular weight excluding hydrogens is 168 g/mol. The fourth-order valence-corrected chi connectivity index (χ4v) is 0.550. The molecule has 0 fully saturated rings. The quantitative estimate of drug-likeness (QED) is 0.417. The van der Waals surface area contributed by atoms with E-state index >= 15 is 0 Å². The van der Waals surface area contributed by atoms with Gasteiger partial charge in [-0.2, -0.15) is 0 Å². The van der Waals surface area contributed by atoms with Crippen molar-refractivity contribution in [3.8, 4) is 0 Å². The van der Waals surface area contributed by atoms with Crippen LogP contribution in [0.3, 0.4) is 0 Å². The lowest BCUT2D eigenvalue weighted by Crippen LogP contribution is -2.42. The van der Waals surface area contributed by atoms with Gasteiger partial charge in [0.2, 0.25) is 5.91 Å². The highest BCUT2D eigenvalue weighted by atomic mass is 16.4. The summed E-state index contributed by atoms with van der Waals surface area (Å²) in [6.45, 7) is 0. The van der Waals surface area contributed by atoms with Crippen LogP contribution in [-0.2, 0) is 9.59 Å². The van der Waals surface area contributed by atoms with Crippen LogP contribution in [0.4, 0.5) is 4.79 Å². The molecule has 2 amide bonds. The Hall–Kier alpha value is -1.79. The summed E-state index contributed by atoms with van der Waals surface area (Å²) >= 11 is 0. The molecule has 68 valence electrons. The van der Waals surface area contributed by atoms with Crippen molar-refractivity contribution in [1.82, 2.24) is 5.32 Å². The first-order chi connectivity index (χ1) is 5.43. The van der Waals surface area contributed by atoms with E-state index in [9.17, 15) is 14.4 Å². The smallest absolute Gasteiger partial charge is 0.405 e. The summed E-state index contributed by atoms with van der Waals surface area (Å²) < 4.78 is 0. The van der Waals surface area contributed by atoms with Crippen molar-refractivity contribution in [1.29, 1.82) is 0 Å². The second kappa shape index (κ2) is 4.16. The van der Waals surface area contributed by atoms with Gasteiger partial charge in [0.1, 0.15) is 6.04 Å². The molecule has 0 heterocycles. The Balaban J connectivity index is 4.14. The molecule has 0 aromatic carbocycles. The van der Waals surface area contributed by atoms with Crippen molar-refractivity contribution in [3.05, 3.63) is 0 Å². The fourth-order valence-electron chi connectivity index (χ4n) is 0.550. The molecule has 0 bridgehead atoms. The summed E-state index contributed by atoms with van der Waals surface area (Å²) in [5.41, 5.74) is 4.67. The first kappa shape index (κ1) is 10.2. The van der Waals surface area contributed by atoms with Crippen LogP contribution in [0.15, 0.2) is 0 Å². The summed E-state index contributed by atoms with van der Waals surface area (Å²) in [6.07, 6.45) is -2.06. The molecule has 0 spiro atoms. The number of amides is 2. The van der Waals surface area contributed by atoms with Gasteiger partial charge in [-0.1, -0.05) is 0 Å². The topological polar surface area (TPSA) is 130 Å². The van der Waals surface area contributed by atoms with Gasteiger partial charge in [0.05, 0.1) is 6.42 Å². The van der Waals surface area contributed by atoms with Crippen LogP contribution in [0.2, 0.25) is 0 Å². The average Bonchev–Trinajstić information content (AvgIpc) is 1.83. The number of carbonyl (C=O) groups is 3. The summed E-state index contributed by atoms with van der Waals surface area (Å²) in [5.74, 6) is -2.31. The molecule has 7 nitrogen and oxygen atoms in total. The molecule has 0 aliphatic heterocycles. The van der Waals surface area contributed by atoms with E-state index in [-0.39, 0.29) is 0 Å². The molecule has 0 saturated heterocycles. The van der Waals surface area contributed by atoms with E-state index in [4.69, 9.17) is 10.2 Å². The summed E-state index contributed by atoms with van der Waals surface area (Å²) in [7, 11) is 0. The van der Waals surface area contributed by atoms with E-state index in [0.29, 0.717) is 0 Å². The van der Waals surface area contributed by atoms with Gasteiger partial charge in [0.15, 0.2) is 0 Å². The molecule has 0 aromatic rings. The molecule has 1 atom stereocenters. The number of hydrogen-bond donors (Lipinski definition) is 4. The largest absolute Gasteiger partial charge is 0.480 e. The monoisotopic (exact) mass is 176 g/mol. The van der Waals surface area contributed by atoms with Crippen molar-refractivity contribution >= 4 is 18.0 Å². The first-order valence-corrected chi connectivity index (χ1v) is 2.94. The summed E-state index contributed by atoms with van der Waals surface area (Å²) in [4.78, 5) is 30.4. The molecular formula is C5H8N2O5. The van der Waals surface area contributed by atoms with Gasteiger partial charge in [-0.25, -0.2) is 9.59 Å². The zero-order valence-corrected chi connectivity index (χ0v) is 5.98. The lowest BCUT2D eigenvalue weighted by molar-refractivity contribution is -0.141. The van der Waals surface area contributed by atoms with E-state index in [0.717, 1.165) is 0 Å². The van der Waals surface area contributed by atoms with Gasteiger partial charge in [0, 0.05) is 0 Å². The zero-order chi connectivity index (χ0) is 9.72. The molecule has 0 unspecified atom stereocenters. The maximum Gasteiger partial charge on any atom is 0.405 e. The second-order valence-electron chi connectivity index (χ2n) is 2.01. The van der Waals surface area contributed by atoms with Gasteiger partial charge >= 0.3 is 12.1 Å².